The molecule has 5 nitrogen and oxygen atoms in total. The van der Waals surface area contributed by atoms with Gasteiger partial charge in [0.1, 0.15) is 0 Å². The van der Waals surface area contributed by atoms with Gasteiger partial charge in [-0.05, 0) is 30.7 Å². The van der Waals surface area contributed by atoms with Crippen LogP contribution in [-0.4, -0.2) is 43.9 Å². The molecular weight excluding hydrogens is 312 g/mol. The van der Waals surface area contributed by atoms with Gasteiger partial charge in [-0.3, -0.25) is 4.79 Å². The molecule has 0 radical (unpaired) electrons. The highest BCUT2D eigenvalue weighted by Crippen LogP contribution is 2.13. The van der Waals surface area contributed by atoms with E-state index >= 15 is 0 Å². The van der Waals surface area contributed by atoms with E-state index in [0.29, 0.717) is 13.0 Å². The first-order chi connectivity index (χ1) is 9.15. The van der Waals surface area contributed by atoms with Crippen LogP contribution in [0.15, 0.2) is 28.7 Å². The van der Waals surface area contributed by atoms with Crippen molar-refractivity contribution in [1.82, 2.24) is 5.32 Å². The Kier molecular flexibility index (Phi) is 7.66. The Balaban J connectivity index is 2.35. The topological polar surface area (TPSA) is 70.6 Å². The number of carbonyl (C=O) groups excluding carboxylic acids is 1. The second-order valence-corrected chi connectivity index (χ2v) is 5.02. The third-order valence-electron chi connectivity index (χ3n) is 2.52. The molecular formula is C13H19BrN2O3. The SMILES string of the molecule is COCC(CCO)NCC(=O)Nc1ccc(Br)cc1. The van der Waals surface area contributed by atoms with Crippen molar-refractivity contribution in [3.8, 4) is 0 Å². The number of nitrogens with one attached hydrogen (secondary N) is 2. The summed E-state index contributed by atoms with van der Waals surface area (Å²) in [6.45, 7) is 0.714. The number of aliphatic hydroxyl groups is 1. The maximum Gasteiger partial charge on any atom is 0.238 e. The molecule has 0 aliphatic heterocycles. The fourth-order valence-electron chi connectivity index (χ4n) is 1.58. The highest BCUT2D eigenvalue weighted by atomic mass is 79.9. The first kappa shape index (κ1) is 16.1. The van der Waals surface area contributed by atoms with Gasteiger partial charge in [0.2, 0.25) is 5.91 Å². The number of anilines is 1. The summed E-state index contributed by atoms with van der Waals surface area (Å²) in [5.74, 6) is -0.124. The molecule has 0 heterocycles. The summed E-state index contributed by atoms with van der Waals surface area (Å²) in [7, 11) is 1.59. The molecule has 0 saturated carbocycles. The average molecular weight is 331 g/mol. The van der Waals surface area contributed by atoms with E-state index < -0.39 is 0 Å². The highest BCUT2D eigenvalue weighted by molar-refractivity contribution is 9.10. The van der Waals surface area contributed by atoms with Crippen molar-refractivity contribution in [2.75, 3.05) is 32.2 Å². The van der Waals surface area contributed by atoms with Gasteiger partial charge in [0, 0.05) is 29.9 Å². The molecule has 0 aliphatic rings. The van der Waals surface area contributed by atoms with Crippen LogP contribution in [0.2, 0.25) is 0 Å². The standard InChI is InChI=1S/C13H19BrN2O3/c1-19-9-12(6-7-17)15-8-13(18)16-11-4-2-10(14)3-5-11/h2-5,12,15,17H,6-9H2,1H3,(H,16,18). The quantitative estimate of drug-likeness (QED) is 0.673. The normalized spacial score (nSPS) is 12.2. The Morgan fingerprint density at radius 2 is 2.11 bits per heavy atom. The van der Waals surface area contributed by atoms with Crippen molar-refractivity contribution in [3.63, 3.8) is 0 Å². The lowest BCUT2D eigenvalue weighted by Crippen LogP contribution is -2.39. The number of ether oxygens (including phenoxy) is 1. The van der Waals surface area contributed by atoms with Crippen LogP contribution in [0.1, 0.15) is 6.42 Å². The summed E-state index contributed by atoms with van der Waals surface area (Å²) in [5.41, 5.74) is 0.750. The zero-order valence-corrected chi connectivity index (χ0v) is 12.4. The third kappa shape index (κ3) is 6.68. The van der Waals surface area contributed by atoms with Crippen LogP contribution < -0.4 is 10.6 Å². The molecule has 1 rings (SSSR count). The Hall–Kier alpha value is -0.950. The van der Waals surface area contributed by atoms with Gasteiger partial charge in [0.25, 0.3) is 0 Å². The smallest absolute Gasteiger partial charge is 0.238 e. The van der Waals surface area contributed by atoms with E-state index in [1.165, 1.54) is 0 Å². The average Bonchev–Trinajstić information content (AvgIpc) is 2.39. The van der Waals surface area contributed by atoms with Crippen LogP contribution in [0.5, 0.6) is 0 Å². The fraction of sp³-hybridized carbons (Fsp3) is 0.462. The molecule has 0 fully saturated rings. The van der Waals surface area contributed by atoms with Crippen molar-refractivity contribution in [2.45, 2.75) is 12.5 Å². The molecule has 3 N–H and O–H groups in total. The van der Waals surface area contributed by atoms with Gasteiger partial charge in [0.05, 0.1) is 13.2 Å². The maximum atomic E-state index is 11.7. The van der Waals surface area contributed by atoms with E-state index in [1.807, 2.05) is 24.3 Å². The van der Waals surface area contributed by atoms with Crippen molar-refractivity contribution in [3.05, 3.63) is 28.7 Å². The van der Waals surface area contributed by atoms with Crippen molar-refractivity contribution >= 4 is 27.5 Å². The van der Waals surface area contributed by atoms with Crippen LogP contribution in [0.25, 0.3) is 0 Å². The lowest BCUT2D eigenvalue weighted by Gasteiger charge is -2.16. The Labute approximate surface area is 121 Å². The third-order valence-corrected chi connectivity index (χ3v) is 3.05. The summed E-state index contributed by atoms with van der Waals surface area (Å²) in [6.07, 6.45) is 0.555. The molecule has 0 aliphatic carbocycles. The molecule has 1 atom stereocenters. The molecule has 1 aromatic rings. The minimum Gasteiger partial charge on any atom is -0.396 e. The number of halogens is 1. The second kappa shape index (κ2) is 9.03. The van der Waals surface area contributed by atoms with Gasteiger partial charge in [0.15, 0.2) is 0 Å². The number of rotatable bonds is 8. The number of methoxy groups -OCH3 is 1. The molecule has 0 spiro atoms. The van der Waals surface area contributed by atoms with E-state index in [0.717, 1.165) is 10.2 Å². The van der Waals surface area contributed by atoms with E-state index in [2.05, 4.69) is 26.6 Å². The molecule has 1 aromatic carbocycles. The molecule has 1 amide bonds. The Morgan fingerprint density at radius 3 is 2.68 bits per heavy atom. The monoisotopic (exact) mass is 330 g/mol. The number of amides is 1. The molecule has 1 unspecified atom stereocenters. The first-order valence-electron chi connectivity index (χ1n) is 6.04. The second-order valence-electron chi connectivity index (χ2n) is 4.10. The summed E-state index contributed by atoms with van der Waals surface area (Å²) in [6, 6.07) is 7.35. The van der Waals surface area contributed by atoms with Crippen LogP contribution in [0.3, 0.4) is 0 Å². The van der Waals surface area contributed by atoms with Crippen molar-refractivity contribution in [2.24, 2.45) is 0 Å². The highest BCUT2D eigenvalue weighted by Gasteiger charge is 2.09. The molecule has 0 aromatic heterocycles. The van der Waals surface area contributed by atoms with Gasteiger partial charge in [-0.1, -0.05) is 15.9 Å². The van der Waals surface area contributed by atoms with Gasteiger partial charge in [-0.15, -0.1) is 0 Å². The summed E-state index contributed by atoms with van der Waals surface area (Å²) >= 11 is 3.33. The minimum atomic E-state index is -0.124. The molecule has 106 valence electrons. The molecule has 0 saturated heterocycles. The Bertz CT molecular complexity index is 378. The zero-order chi connectivity index (χ0) is 14.1. The van der Waals surface area contributed by atoms with E-state index in [9.17, 15) is 4.79 Å². The summed E-state index contributed by atoms with van der Waals surface area (Å²) in [5, 5.41) is 14.7. The van der Waals surface area contributed by atoms with Gasteiger partial charge in [-0.25, -0.2) is 0 Å². The van der Waals surface area contributed by atoms with Gasteiger partial charge in [-0.2, -0.15) is 0 Å². The lowest BCUT2D eigenvalue weighted by molar-refractivity contribution is -0.115. The number of carbonyl (C=O) groups is 1. The molecule has 0 bridgehead atoms. The largest absolute Gasteiger partial charge is 0.396 e. The van der Waals surface area contributed by atoms with Crippen LogP contribution in [0.4, 0.5) is 5.69 Å². The van der Waals surface area contributed by atoms with Crippen molar-refractivity contribution in [1.29, 1.82) is 0 Å². The van der Waals surface area contributed by atoms with Crippen LogP contribution >= 0.6 is 15.9 Å². The summed E-state index contributed by atoms with van der Waals surface area (Å²) < 4.78 is 5.97. The predicted octanol–water partition coefficient (Wildman–Crippen LogP) is 1.37. The van der Waals surface area contributed by atoms with E-state index in [-0.39, 0.29) is 25.1 Å². The van der Waals surface area contributed by atoms with E-state index in [1.54, 1.807) is 7.11 Å². The van der Waals surface area contributed by atoms with Crippen LogP contribution in [0, 0.1) is 0 Å². The van der Waals surface area contributed by atoms with Crippen molar-refractivity contribution < 1.29 is 14.6 Å². The Morgan fingerprint density at radius 1 is 1.42 bits per heavy atom. The first-order valence-corrected chi connectivity index (χ1v) is 6.83. The number of hydrogen-bond donors (Lipinski definition) is 3. The number of aliphatic hydroxyl groups excluding tert-OH is 1. The maximum absolute atomic E-state index is 11.7. The van der Waals surface area contributed by atoms with Crippen LogP contribution in [-0.2, 0) is 9.53 Å². The summed E-state index contributed by atoms with van der Waals surface area (Å²) in [4.78, 5) is 11.7. The van der Waals surface area contributed by atoms with E-state index in [4.69, 9.17) is 9.84 Å². The van der Waals surface area contributed by atoms with Gasteiger partial charge >= 0.3 is 0 Å². The minimum absolute atomic E-state index is 0.0225. The molecule has 6 heteroatoms. The molecule has 19 heavy (non-hydrogen) atoms. The van der Waals surface area contributed by atoms with Gasteiger partial charge < -0.3 is 20.5 Å². The fourth-order valence-corrected chi connectivity index (χ4v) is 1.84. The number of hydrogen-bond acceptors (Lipinski definition) is 4. The predicted molar refractivity (Wildman–Crippen MR) is 78.1 cm³/mol. The lowest BCUT2D eigenvalue weighted by atomic mass is 10.2. The zero-order valence-electron chi connectivity index (χ0n) is 10.9. The number of benzene rings is 1.